The minimum atomic E-state index is -0.253. The second-order valence-corrected chi connectivity index (χ2v) is 5.97. The molecule has 110 valence electrons. The second kappa shape index (κ2) is 6.17. The minimum absolute atomic E-state index is 0.253. The molecule has 3 aromatic rings. The van der Waals surface area contributed by atoms with E-state index in [0.717, 1.165) is 10.8 Å². The largest absolute Gasteiger partial charge is 0.321 e. The zero-order valence-electron chi connectivity index (χ0n) is 11.2. The van der Waals surface area contributed by atoms with Crippen LogP contribution in [0, 0.1) is 0 Å². The van der Waals surface area contributed by atoms with Gasteiger partial charge < -0.3 is 5.32 Å². The monoisotopic (exact) mass is 349 g/mol. The zero-order valence-corrected chi connectivity index (χ0v) is 13.5. The zero-order chi connectivity index (χ0) is 15.7. The molecule has 0 aliphatic carbocycles. The molecule has 0 radical (unpaired) electrons. The van der Waals surface area contributed by atoms with Crippen LogP contribution in [0.1, 0.15) is 10.4 Å². The van der Waals surface area contributed by atoms with Crippen molar-refractivity contribution in [2.24, 2.45) is 0 Å². The quantitative estimate of drug-likeness (QED) is 0.598. The predicted octanol–water partition coefficient (Wildman–Crippen LogP) is 6.05. The van der Waals surface area contributed by atoms with E-state index in [9.17, 15) is 4.79 Å². The van der Waals surface area contributed by atoms with Gasteiger partial charge in [0.1, 0.15) is 0 Å². The van der Waals surface area contributed by atoms with Gasteiger partial charge in [0.2, 0.25) is 0 Å². The van der Waals surface area contributed by atoms with Gasteiger partial charge in [-0.1, -0.05) is 59.1 Å². The van der Waals surface area contributed by atoms with Crippen molar-refractivity contribution < 1.29 is 4.79 Å². The Morgan fingerprint density at radius 2 is 1.55 bits per heavy atom. The Balaban J connectivity index is 2.01. The molecule has 0 spiro atoms. The summed E-state index contributed by atoms with van der Waals surface area (Å²) in [6.07, 6.45) is 0. The molecule has 0 atom stereocenters. The number of hydrogen-bond donors (Lipinski definition) is 1. The Morgan fingerprint density at radius 1 is 0.818 bits per heavy atom. The van der Waals surface area contributed by atoms with E-state index in [1.165, 1.54) is 0 Å². The molecule has 0 saturated carbocycles. The number of carbonyl (C=O) groups is 1. The highest BCUT2D eigenvalue weighted by atomic mass is 35.5. The highest BCUT2D eigenvalue weighted by Crippen LogP contribution is 2.29. The second-order valence-electron chi connectivity index (χ2n) is 4.72. The van der Waals surface area contributed by atoms with Crippen molar-refractivity contribution >= 4 is 57.2 Å². The van der Waals surface area contributed by atoms with Crippen molar-refractivity contribution in [1.82, 2.24) is 0 Å². The summed E-state index contributed by atoms with van der Waals surface area (Å²) >= 11 is 18.1. The Hall–Kier alpha value is -1.74. The molecule has 5 heteroatoms. The summed E-state index contributed by atoms with van der Waals surface area (Å²) in [5, 5.41) is 5.92. The van der Waals surface area contributed by atoms with E-state index < -0.39 is 0 Å². The Bertz CT molecular complexity index is 877. The molecule has 1 amide bonds. The Morgan fingerprint density at radius 3 is 2.32 bits per heavy atom. The van der Waals surface area contributed by atoms with Crippen molar-refractivity contribution in [1.29, 1.82) is 0 Å². The van der Waals surface area contributed by atoms with E-state index in [2.05, 4.69) is 5.32 Å². The number of amides is 1. The van der Waals surface area contributed by atoms with Gasteiger partial charge in [-0.3, -0.25) is 4.79 Å². The molecule has 3 rings (SSSR count). The van der Waals surface area contributed by atoms with Crippen LogP contribution in [-0.4, -0.2) is 5.91 Å². The van der Waals surface area contributed by atoms with Crippen LogP contribution in [0.5, 0.6) is 0 Å². The molecular formula is C17H10Cl3NO. The van der Waals surface area contributed by atoms with E-state index in [1.54, 1.807) is 36.4 Å². The first-order chi connectivity index (χ1) is 10.6. The first-order valence-corrected chi connectivity index (χ1v) is 7.63. The number of benzene rings is 3. The minimum Gasteiger partial charge on any atom is -0.321 e. The van der Waals surface area contributed by atoms with Gasteiger partial charge in [-0.25, -0.2) is 0 Å². The molecule has 0 aliphatic rings. The summed E-state index contributed by atoms with van der Waals surface area (Å²) in [6, 6.07) is 15.8. The molecule has 0 aromatic heterocycles. The summed E-state index contributed by atoms with van der Waals surface area (Å²) in [6.45, 7) is 0. The topological polar surface area (TPSA) is 29.1 Å². The number of fused-ring (bicyclic) bond motifs is 1. The maximum atomic E-state index is 12.5. The molecule has 3 aromatic carbocycles. The molecule has 1 N–H and O–H groups in total. The summed E-state index contributed by atoms with van der Waals surface area (Å²) in [4.78, 5) is 12.5. The van der Waals surface area contributed by atoms with E-state index in [-0.39, 0.29) is 5.91 Å². The third-order valence-corrected chi connectivity index (χ3v) is 4.17. The lowest BCUT2D eigenvalue weighted by Gasteiger charge is -2.10. The summed E-state index contributed by atoms with van der Waals surface area (Å²) in [7, 11) is 0. The third-order valence-electron chi connectivity index (χ3n) is 3.29. The van der Waals surface area contributed by atoms with Gasteiger partial charge in [-0.05, 0) is 35.7 Å². The summed E-state index contributed by atoms with van der Waals surface area (Å²) in [5.74, 6) is -0.253. The van der Waals surface area contributed by atoms with Crippen molar-refractivity contribution in [2.45, 2.75) is 0 Å². The normalized spacial score (nSPS) is 10.7. The molecule has 2 nitrogen and oxygen atoms in total. The molecule has 0 heterocycles. The average molecular weight is 351 g/mol. The summed E-state index contributed by atoms with van der Waals surface area (Å²) in [5.41, 5.74) is 1.04. The van der Waals surface area contributed by atoms with Crippen LogP contribution in [0.3, 0.4) is 0 Å². The number of hydrogen-bond acceptors (Lipinski definition) is 1. The van der Waals surface area contributed by atoms with Crippen LogP contribution >= 0.6 is 34.8 Å². The average Bonchev–Trinajstić information content (AvgIpc) is 2.50. The highest BCUT2D eigenvalue weighted by Gasteiger charge is 2.12. The van der Waals surface area contributed by atoms with Crippen molar-refractivity contribution in [3.05, 3.63) is 75.2 Å². The van der Waals surface area contributed by atoms with Gasteiger partial charge in [0.05, 0.1) is 10.7 Å². The smallest absolute Gasteiger partial charge is 0.256 e. The van der Waals surface area contributed by atoms with Crippen LogP contribution < -0.4 is 5.32 Å². The lowest BCUT2D eigenvalue weighted by Crippen LogP contribution is -2.12. The van der Waals surface area contributed by atoms with Crippen molar-refractivity contribution in [3.63, 3.8) is 0 Å². The number of rotatable bonds is 2. The van der Waals surface area contributed by atoms with Gasteiger partial charge >= 0.3 is 0 Å². The lowest BCUT2D eigenvalue weighted by molar-refractivity contribution is 0.102. The van der Waals surface area contributed by atoms with Gasteiger partial charge in [0, 0.05) is 21.0 Å². The molecule has 0 saturated heterocycles. The molecule has 0 aliphatic heterocycles. The standard InChI is InChI=1S/C17H10Cl3NO/c18-10-7-8-16(15(20)9-10)21-17(22)13-5-1-4-12-11(13)3-2-6-14(12)19/h1-9H,(H,21,22). The third kappa shape index (κ3) is 2.91. The van der Waals surface area contributed by atoms with E-state index in [0.29, 0.717) is 26.3 Å². The van der Waals surface area contributed by atoms with Gasteiger partial charge in [0.15, 0.2) is 0 Å². The number of carbonyl (C=O) groups excluding carboxylic acids is 1. The number of anilines is 1. The summed E-state index contributed by atoms with van der Waals surface area (Å²) < 4.78 is 0. The number of halogens is 3. The van der Waals surface area contributed by atoms with Gasteiger partial charge in [-0.15, -0.1) is 0 Å². The fraction of sp³-hybridized carbons (Fsp3) is 0. The van der Waals surface area contributed by atoms with Gasteiger partial charge in [-0.2, -0.15) is 0 Å². The van der Waals surface area contributed by atoms with Crippen LogP contribution in [-0.2, 0) is 0 Å². The lowest BCUT2D eigenvalue weighted by atomic mass is 10.0. The Kier molecular flexibility index (Phi) is 4.25. The predicted molar refractivity (Wildman–Crippen MR) is 93.4 cm³/mol. The van der Waals surface area contributed by atoms with Crippen LogP contribution in [0.4, 0.5) is 5.69 Å². The van der Waals surface area contributed by atoms with E-state index in [1.807, 2.05) is 18.2 Å². The fourth-order valence-corrected chi connectivity index (χ4v) is 2.94. The molecule has 0 bridgehead atoms. The van der Waals surface area contributed by atoms with Crippen molar-refractivity contribution in [2.75, 3.05) is 5.32 Å². The Labute approximate surface area is 142 Å². The molecule has 0 unspecified atom stereocenters. The maximum absolute atomic E-state index is 12.5. The molecule has 0 fully saturated rings. The first-order valence-electron chi connectivity index (χ1n) is 6.50. The van der Waals surface area contributed by atoms with Crippen LogP contribution in [0.25, 0.3) is 10.8 Å². The van der Waals surface area contributed by atoms with E-state index in [4.69, 9.17) is 34.8 Å². The van der Waals surface area contributed by atoms with Crippen LogP contribution in [0.2, 0.25) is 15.1 Å². The number of nitrogens with one attached hydrogen (secondary N) is 1. The van der Waals surface area contributed by atoms with Gasteiger partial charge in [0.25, 0.3) is 5.91 Å². The first kappa shape index (κ1) is 15.2. The van der Waals surface area contributed by atoms with E-state index >= 15 is 0 Å². The van der Waals surface area contributed by atoms with Crippen molar-refractivity contribution in [3.8, 4) is 0 Å². The van der Waals surface area contributed by atoms with Crippen LogP contribution in [0.15, 0.2) is 54.6 Å². The SMILES string of the molecule is O=C(Nc1ccc(Cl)cc1Cl)c1cccc2c(Cl)cccc12. The molecular weight excluding hydrogens is 341 g/mol. The fourth-order valence-electron chi connectivity index (χ4n) is 2.25. The maximum Gasteiger partial charge on any atom is 0.256 e. The highest BCUT2D eigenvalue weighted by molar-refractivity contribution is 6.37. The molecule has 22 heavy (non-hydrogen) atoms.